The Labute approximate surface area is 363 Å². The second-order valence-corrected chi connectivity index (χ2v) is 19.1. The van der Waals surface area contributed by atoms with Gasteiger partial charge in [-0.1, -0.05) is 188 Å². The van der Waals surface area contributed by atoms with Crippen LogP contribution in [0.5, 0.6) is 0 Å². The number of fused-ring (bicyclic) bond motifs is 8. The lowest BCUT2D eigenvalue weighted by atomic mass is 9.43. The SMILES string of the molecule is c1ccc(-c2cccc3cccc(-c4ccc(-c5c6ccccc6c(-c6ccc7c(c6)C6(c8c-7ccc7ccccc87)C7CC8CC(C7)CC6C8)c6ccccc56)cc4)c23)cc1. The molecular formula is C62H46. The zero-order valence-corrected chi connectivity index (χ0v) is 34.8. The van der Waals surface area contributed by atoms with Gasteiger partial charge >= 0.3 is 0 Å². The Morgan fingerprint density at radius 1 is 0.323 bits per heavy atom. The highest BCUT2D eigenvalue weighted by Gasteiger charge is 2.62. The van der Waals surface area contributed by atoms with Gasteiger partial charge in [-0.2, -0.15) is 0 Å². The van der Waals surface area contributed by atoms with Crippen molar-refractivity contribution < 1.29 is 0 Å². The summed E-state index contributed by atoms with van der Waals surface area (Å²) < 4.78 is 0. The van der Waals surface area contributed by atoms with E-state index in [1.807, 2.05) is 0 Å². The highest BCUT2D eigenvalue weighted by Crippen LogP contribution is 2.70. The average Bonchev–Trinajstić information content (AvgIpc) is 3.62. The fourth-order valence-electron chi connectivity index (χ4n) is 14.1. The highest BCUT2D eigenvalue weighted by molar-refractivity contribution is 6.21. The van der Waals surface area contributed by atoms with Crippen LogP contribution in [0.3, 0.4) is 0 Å². The van der Waals surface area contributed by atoms with Gasteiger partial charge in [0.1, 0.15) is 0 Å². The first-order valence-corrected chi connectivity index (χ1v) is 23.0. The largest absolute Gasteiger partial charge is 0.0622 e. The highest BCUT2D eigenvalue weighted by atomic mass is 14.6. The van der Waals surface area contributed by atoms with E-state index in [1.165, 1.54) is 131 Å². The van der Waals surface area contributed by atoms with Crippen LogP contribution in [-0.2, 0) is 5.41 Å². The lowest BCUT2D eigenvalue weighted by Gasteiger charge is -2.61. The molecule has 1 spiro atoms. The van der Waals surface area contributed by atoms with Crippen LogP contribution in [0.4, 0.5) is 0 Å². The lowest BCUT2D eigenvalue weighted by Crippen LogP contribution is -2.55. The van der Waals surface area contributed by atoms with Gasteiger partial charge in [0.05, 0.1) is 0 Å². The first-order valence-electron chi connectivity index (χ1n) is 23.0. The smallest absolute Gasteiger partial charge is 0.0278 e. The number of rotatable bonds is 4. The van der Waals surface area contributed by atoms with E-state index in [0.717, 1.165) is 11.8 Å². The molecule has 0 nitrogen and oxygen atoms in total. The van der Waals surface area contributed by atoms with Crippen molar-refractivity contribution >= 4 is 43.1 Å². The molecule has 0 radical (unpaired) electrons. The van der Waals surface area contributed by atoms with Crippen molar-refractivity contribution in [1.29, 1.82) is 0 Å². The molecular weight excluding hydrogens is 745 g/mol. The van der Waals surface area contributed by atoms with Crippen LogP contribution in [0.1, 0.15) is 43.2 Å². The summed E-state index contributed by atoms with van der Waals surface area (Å²) in [5, 5.41) is 10.7. The monoisotopic (exact) mass is 790 g/mol. The van der Waals surface area contributed by atoms with Crippen molar-refractivity contribution in [2.24, 2.45) is 23.7 Å². The molecule has 15 rings (SSSR count). The maximum Gasteiger partial charge on any atom is 0.0278 e. The van der Waals surface area contributed by atoms with Crippen LogP contribution in [0, 0.1) is 23.7 Å². The van der Waals surface area contributed by atoms with Crippen LogP contribution in [0.2, 0.25) is 0 Å². The predicted octanol–water partition coefficient (Wildman–Crippen LogP) is 16.7. The topological polar surface area (TPSA) is 0 Å². The Morgan fingerprint density at radius 3 is 1.44 bits per heavy atom. The third kappa shape index (κ3) is 4.79. The molecule has 0 aliphatic heterocycles. The van der Waals surface area contributed by atoms with Gasteiger partial charge in [0, 0.05) is 5.41 Å². The van der Waals surface area contributed by atoms with Crippen molar-refractivity contribution in [2.45, 2.75) is 37.5 Å². The molecule has 0 N–H and O–H groups in total. The Morgan fingerprint density at radius 2 is 0.806 bits per heavy atom. The van der Waals surface area contributed by atoms with E-state index >= 15 is 0 Å². The van der Waals surface area contributed by atoms with E-state index in [0.29, 0.717) is 11.8 Å². The minimum Gasteiger partial charge on any atom is -0.0622 e. The first-order chi connectivity index (χ1) is 30.7. The minimum atomic E-state index is 0.0776. The van der Waals surface area contributed by atoms with Crippen molar-refractivity contribution in [3.05, 3.63) is 205 Å². The molecule has 4 bridgehead atoms. The molecule has 0 atom stereocenters. The molecule has 0 aromatic heterocycles. The maximum atomic E-state index is 2.70. The minimum absolute atomic E-state index is 0.0776. The van der Waals surface area contributed by atoms with Crippen LogP contribution in [0.25, 0.3) is 98.7 Å². The van der Waals surface area contributed by atoms with Gasteiger partial charge < -0.3 is 0 Å². The van der Waals surface area contributed by atoms with Crippen LogP contribution < -0.4 is 0 Å². The summed E-state index contributed by atoms with van der Waals surface area (Å²) >= 11 is 0. The van der Waals surface area contributed by atoms with Crippen molar-refractivity contribution in [2.75, 3.05) is 0 Å². The maximum absolute atomic E-state index is 2.70. The molecule has 0 unspecified atom stereocenters. The molecule has 0 saturated heterocycles. The van der Waals surface area contributed by atoms with Crippen molar-refractivity contribution in [3.8, 4) is 55.6 Å². The third-order valence-corrected chi connectivity index (χ3v) is 16.2. The van der Waals surface area contributed by atoms with Gasteiger partial charge in [-0.3, -0.25) is 0 Å². The summed E-state index contributed by atoms with van der Waals surface area (Å²) in [7, 11) is 0. The third-order valence-electron chi connectivity index (χ3n) is 16.2. The van der Waals surface area contributed by atoms with Crippen molar-refractivity contribution in [1.82, 2.24) is 0 Å². The van der Waals surface area contributed by atoms with Crippen molar-refractivity contribution in [3.63, 3.8) is 0 Å². The number of hydrogen-bond donors (Lipinski definition) is 0. The first kappa shape index (κ1) is 34.9. The molecule has 5 aliphatic carbocycles. The second-order valence-electron chi connectivity index (χ2n) is 19.1. The van der Waals surface area contributed by atoms with E-state index in [4.69, 9.17) is 0 Å². The fraction of sp³-hybridized carbons (Fsp3) is 0.161. The van der Waals surface area contributed by atoms with Gasteiger partial charge in [-0.15, -0.1) is 0 Å². The second kappa shape index (κ2) is 13.1. The summed E-state index contributed by atoms with van der Waals surface area (Å²) in [6.45, 7) is 0. The molecule has 4 fully saturated rings. The molecule has 0 heteroatoms. The number of benzene rings is 10. The van der Waals surface area contributed by atoms with E-state index in [2.05, 4.69) is 194 Å². The Balaban J connectivity index is 0.952. The lowest BCUT2D eigenvalue weighted by molar-refractivity contribution is -0.0393. The van der Waals surface area contributed by atoms with Gasteiger partial charge in [0.2, 0.25) is 0 Å². The van der Waals surface area contributed by atoms with Gasteiger partial charge in [-0.25, -0.2) is 0 Å². The van der Waals surface area contributed by atoms with Crippen LogP contribution in [0.15, 0.2) is 194 Å². The Kier molecular flexibility index (Phi) is 7.39. The quantitative estimate of drug-likeness (QED) is 0.156. The number of hydrogen-bond acceptors (Lipinski definition) is 0. The normalized spacial score (nSPS) is 21.9. The fourth-order valence-corrected chi connectivity index (χ4v) is 14.1. The average molecular weight is 791 g/mol. The van der Waals surface area contributed by atoms with Gasteiger partial charge in [-0.05, 0) is 172 Å². The van der Waals surface area contributed by atoms with Gasteiger partial charge in [0.25, 0.3) is 0 Å². The summed E-state index contributed by atoms with van der Waals surface area (Å²) in [5.74, 6) is 3.22. The standard InChI is InChI=1S/C62H46/c1-2-12-40(13-3-1)48-22-10-15-43-16-11-23-49(58(43)48)42-24-26-44(27-25-42)59-52-18-6-8-20-54(52)60(55-21-9-7-19-53(55)59)45-29-30-51-56-31-28-41-14-4-5-17-50(41)61(56)62(57(51)37-45)46-33-38-32-39(35-46)36-47(62)34-38/h1-31,37-39,46-47H,32-36H2. The van der Waals surface area contributed by atoms with E-state index < -0.39 is 0 Å². The summed E-state index contributed by atoms with van der Waals surface area (Å²) in [5.41, 5.74) is 16.6. The molecule has 5 aliphatic rings. The molecule has 10 aromatic rings. The van der Waals surface area contributed by atoms with Crippen LogP contribution in [-0.4, -0.2) is 0 Å². The van der Waals surface area contributed by atoms with Gasteiger partial charge in [0.15, 0.2) is 0 Å². The van der Waals surface area contributed by atoms with E-state index in [1.54, 1.807) is 11.1 Å². The Hall–Kier alpha value is -6.76. The summed E-state index contributed by atoms with van der Waals surface area (Å²) in [6, 6.07) is 73.9. The van der Waals surface area contributed by atoms with E-state index in [9.17, 15) is 0 Å². The molecule has 4 saturated carbocycles. The zero-order chi connectivity index (χ0) is 40.5. The summed E-state index contributed by atoms with van der Waals surface area (Å²) in [4.78, 5) is 0. The molecule has 0 heterocycles. The zero-order valence-electron chi connectivity index (χ0n) is 34.8. The summed E-state index contributed by atoms with van der Waals surface area (Å²) in [6.07, 6.45) is 6.99. The van der Waals surface area contributed by atoms with Crippen LogP contribution >= 0.6 is 0 Å². The predicted molar refractivity (Wildman–Crippen MR) is 261 cm³/mol. The molecule has 62 heavy (non-hydrogen) atoms. The van der Waals surface area contributed by atoms with E-state index in [-0.39, 0.29) is 5.41 Å². The Bertz CT molecular complexity index is 3370. The molecule has 10 aromatic carbocycles. The molecule has 294 valence electrons. The molecule has 0 amide bonds.